The van der Waals surface area contributed by atoms with Crippen LogP contribution in [0.1, 0.15) is 49.0 Å². The van der Waals surface area contributed by atoms with Gasteiger partial charge >= 0.3 is 0 Å². The minimum absolute atomic E-state index is 0. The lowest BCUT2D eigenvalue weighted by Crippen LogP contribution is -2.14. The highest BCUT2D eigenvalue weighted by atomic mass is 14.8. The van der Waals surface area contributed by atoms with Crippen LogP contribution in [0.3, 0.4) is 0 Å². The zero-order valence-electron chi connectivity index (χ0n) is 5.33. The molecule has 0 aromatic heterocycles. The lowest BCUT2D eigenvalue weighted by atomic mass is 10.4. The van der Waals surface area contributed by atoms with Crippen LogP contribution in [-0.4, -0.2) is 13.1 Å². The Morgan fingerprint density at radius 1 is 0.800 bits per heavy atom. The van der Waals surface area contributed by atoms with Crippen molar-refractivity contribution < 1.29 is 0 Å². The zero-order valence-corrected chi connectivity index (χ0v) is 5.33. The highest BCUT2D eigenvalue weighted by molar-refractivity contribution is 4.39. The van der Waals surface area contributed by atoms with E-state index in [-0.39, 0.29) is 22.3 Å². The van der Waals surface area contributed by atoms with E-state index in [9.17, 15) is 0 Å². The quantitative estimate of drug-likeness (QED) is 0.605. The second-order valence-corrected chi connectivity index (χ2v) is 1.75. The SMILES string of the molecule is C.C.C.CCCNCCC. The fraction of sp³-hybridized carbons (Fsp3) is 1.00. The Hall–Kier alpha value is -0.0400. The predicted octanol–water partition coefficient (Wildman–Crippen LogP) is 3.30. The van der Waals surface area contributed by atoms with Crippen molar-refractivity contribution in [2.45, 2.75) is 49.0 Å². The molecule has 0 bridgehead atoms. The molecular weight excluding hydrogens is 122 g/mol. The lowest BCUT2D eigenvalue weighted by molar-refractivity contribution is 0.662. The van der Waals surface area contributed by atoms with E-state index in [1.165, 1.54) is 25.9 Å². The highest BCUT2D eigenvalue weighted by Crippen LogP contribution is 1.71. The van der Waals surface area contributed by atoms with Gasteiger partial charge in [0.05, 0.1) is 0 Å². The molecule has 0 saturated heterocycles. The fourth-order valence-corrected chi connectivity index (χ4v) is 0.479. The van der Waals surface area contributed by atoms with Crippen LogP contribution in [0.2, 0.25) is 0 Å². The standard InChI is InChI=1S/C6H15N.3CH4/c1-3-5-7-6-4-2;;;/h7H,3-6H2,1-2H3;3*1H4. The average Bonchev–Trinajstić information content (AvgIpc) is 1.69. The molecule has 0 aromatic rings. The van der Waals surface area contributed by atoms with Crippen molar-refractivity contribution in [2.75, 3.05) is 13.1 Å². The van der Waals surface area contributed by atoms with Gasteiger partial charge in [0.1, 0.15) is 0 Å². The molecule has 10 heavy (non-hydrogen) atoms. The van der Waals surface area contributed by atoms with E-state index in [0.717, 1.165) is 0 Å². The first kappa shape index (κ1) is 22.5. The van der Waals surface area contributed by atoms with E-state index < -0.39 is 0 Å². The summed E-state index contributed by atoms with van der Waals surface area (Å²) in [6, 6.07) is 0. The first-order valence-corrected chi connectivity index (χ1v) is 3.12. The third-order valence-electron chi connectivity index (χ3n) is 0.854. The molecular formula is C9H27N. The van der Waals surface area contributed by atoms with Gasteiger partial charge in [0, 0.05) is 0 Å². The summed E-state index contributed by atoms with van der Waals surface area (Å²) >= 11 is 0. The molecule has 0 aliphatic carbocycles. The van der Waals surface area contributed by atoms with E-state index in [4.69, 9.17) is 0 Å². The minimum atomic E-state index is 0. The van der Waals surface area contributed by atoms with Crippen LogP contribution < -0.4 is 5.32 Å². The molecule has 0 unspecified atom stereocenters. The van der Waals surface area contributed by atoms with Crippen LogP contribution in [-0.2, 0) is 0 Å². The monoisotopic (exact) mass is 149 g/mol. The summed E-state index contributed by atoms with van der Waals surface area (Å²) in [6.45, 7) is 6.72. The summed E-state index contributed by atoms with van der Waals surface area (Å²) in [6.07, 6.45) is 2.50. The molecule has 0 spiro atoms. The molecule has 1 heteroatoms. The molecule has 0 rings (SSSR count). The number of nitrogens with one attached hydrogen (secondary N) is 1. The van der Waals surface area contributed by atoms with Crippen molar-refractivity contribution in [3.8, 4) is 0 Å². The smallest absolute Gasteiger partial charge is 0.00516 e. The Kier molecular flexibility index (Phi) is 51.9. The molecule has 0 aliphatic rings. The van der Waals surface area contributed by atoms with Gasteiger partial charge in [0.15, 0.2) is 0 Å². The van der Waals surface area contributed by atoms with Crippen molar-refractivity contribution in [2.24, 2.45) is 0 Å². The molecule has 0 aliphatic heterocycles. The summed E-state index contributed by atoms with van der Waals surface area (Å²) in [7, 11) is 0. The van der Waals surface area contributed by atoms with Crippen molar-refractivity contribution in [1.29, 1.82) is 0 Å². The van der Waals surface area contributed by atoms with E-state index in [0.29, 0.717) is 0 Å². The zero-order chi connectivity index (χ0) is 5.54. The van der Waals surface area contributed by atoms with Crippen LogP contribution in [0.25, 0.3) is 0 Å². The first-order valence-electron chi connectivity index (χ1n) is 3.12. The molecule has 1 N–H and O–H groups in total. The van der Waals surface area contributed by atoms with Gasteiger partial charge in [-0.05, 0) is 25.9 Å². The molecule has 68 valence electrons. The number of hydrogen-bond donors (Lipinski definition) is 1. The first-order chi connectivity index (χ1) is 3.41. The van der Waals surface area contributed by atoms with Crippen LogP contribution in [0.15, 0.2) is 0 Å². The summed E-state index contributed by atoms with van der Waals surface area (Å²) in [5.41, 5.74) is 0. The maximum atomic E-state index is 3.28. The molecule has 1 nitrogen and oxygen atoms in total. The van der Waals surface area contributed by atoms with Gasteiger partial charge in [0.2, 0.25) is 0 Å². The normalized spacial score (nSPS) is 6.60. The molecule has 0 amide bonds. The van der Waals surface area contributed by atoms with E-state index >= 15 is 0 Å². The number of rotatable bonds is 4. The van der Waals surface area contributed by atoms with Crippen LogP contribution in [0.5, 0.6) is 0 Å². The van der Waals surface area contributed by atoms with Crippen LogP contribution in [0, 0.1) is 0 Å². The second-order valence-electron chi connectivity index (χ2n) is 1.75. The average molecular weight is 149 g/mol. The summed E-state index contributed by atoms with van der Waals surface area (Å²) < 4.78 is 0. The van der Waals surface area contributed by atoms with E-state index in [2.05, 4.69) is 19.2 Å². The van der Waals surface area contributed by atoms with Crippen molar-refractivity contribution in [1.82, 2.24) is 5.32 Å². The minimum Gasteiger partial charge on any atom is -0.317 e. The Morgan fingerprint density at radius 2 is 1.10 bits per heavy atom. The summed E-state index contributed by atoms with van der Waals surface area (Å²) in [5.74, 6) is 0. The van der Waals surface area contributed by atoms with Gasteiger partial charge in [0.25, 0.3) is 0 Å². The summed E-state index contributed by atoms with van der Waals surface area (Å²) in [4.78, 5) is 0. The Balaban J connectivity index is -0.0000000600. The fourth-order valence-electron chi connectivity index (χ4n) is 0.479. The van der Waals surface area contributed by atoms with Gasteiger partial charge in [-0.2, -0.15) is 0 Å². The van der Waals surface area contributed by atoms with Crippen LogP contribution >= 0.6 is 0 Å². The largest absolute Gasteiger partial charge is 0.317 e. The number of hydrogen-bond acceptors (Lipinski definition) is 1. The molecule has 0 heterocycles. The van der Waals surface area contributed by atoms with Gasteiger partial charge in [-0.1, -0.05) is 36.1 Å². The second kappa shape index (κ2) is 23.1. The summed E-state index contributed by atoms with van der Waals surface area (Å²) in [5, 5.41) is 3.28. The maximum absolute atomic E-state index is 3.28. The van der Waals surface area contributed by atoms with Crippen LogP contribution in [0.4, 0.5) is 0 Å². The van der Waals surface area contributed by atoms with E-state index in [1.54, 1.807) is 0 Å². The molecule has 0 radical (unpaired) electrons. The van der Waals surface area contributed by atoms with Gasteiger partial charge in [-0.25, -0.2) is 0 Å². The van der Waals surface area contributed by atoms with E-state index in [1.807, 2.05) is 0 Å². The topological polar surface area (TPSA) is 12.0 Å². The Labute approximate surface area is 68.2 Å². The van der Waals surface area contributed by atoms with Gasteiger partial charge in [-0.15, -0.1) is 0 Å². The predicted molar refractivity (Wildman–Crippen MR) is 53.6 cm³/mol. The van der Waals surface area contributed by atoms with Gasteiger partial charge in [-0.3, -0.25) is 0 Å². The molecule has 0 aromatic carbocycles. The van der Waals surface area contributed by atoms with Crippen molar-refractivity contribution >= 4 is 0 Å². The third-order valence-corrected chi connectivity index (χ3v) is 0.854. The Bertz CT molecular complexity index is 23.9. The van der Waals surface area contributed by atoms with Crippen molar-refractivity contribution in [3.05, 3.63) is 0 Å². The van der Waals surface area contributed by atoms with Crippen molar-refractivity contribution in [3.63, 3.8) is 0 Å². The molecule has 0 atom stereocenters. The lowest BCUT2D eigenvalue weighted by Gasteiger charge is -1.95. The third kappa shape index (κ3) is 24.6. The maximum Gasteiger partial charge on any atom is -0.00516 e. The molecule has 0 fully saturated rings. The Morgan fingerprint density at radius 3 is 1.30 bits per heavy atom. The highest BCUT2D eigenvalue weighted by Gasteiger charge is 1.76. The van der Waals surface area contributed by atoms with Gasteiger partial charge < -0.3 is 5.32 Å². The molecule has 0 saturated carbocycles.